The first-order chi connectivity index (χ1) is 7.09. The maximum absolute atomic E-state index is 10.7. The van der Waals surface area contributed by atoms with Crippen LogP contribution in [0.15, 0.2) is 30.3 Å². The molecular formula is C10H11NO4. The fourth-order valence-corrected chi connectivity index (χ4v) is 0.961. The first kappa shape index (κ1) is 11.0. The molecule has 1 aromatic carbocycles. The van der Waals surface area contributed by atoms with Crippen LogP contribution in [0.5, 0.6) is 5.75 Å². The third-order valence-electron chi connectivity index (χ3n) is 1.56. The molecule has 5 heteroatoms. The molecule has 0 aliphatic carbocycles. The number of nitrogens with one attached hydrogen (secondary N) is 1. The van der Waals surface area contributed by atoms with E-state index in [0.29, 0.717) is 5.75 Å². The van der Waals surface area contributed by atoms with Crippen LogP contribution in [-0.2, 0) is 9.59 Å². The minimum absolute atomic E-state index is 0.388. The van der Waals surface area contributed by atoms with Crippen LogP contribution in [0.25, 0.3) is 0 Å². The molecule has 0 aliphatic rings. The fourth-order valence-electron chi connectivity index (χ4n) is 0.961. The van der Waals surface area contributed by atoms with E-state index in [2.05, 4.69) is 5.32 Å². The van der Waals surface area contributed by atoms with Gasteiger partial charge in [0.15, 0.2) is 0 Å². The van der Waals surface area contributed by atoms with Gasteiger partial charge in [-0.25, -0.2) is 4.79 Å². The number of aliphatic carboxylic acids is 1. The van der Waals surface area contributed by atoms with Crippen molar-refractivity contribution in [2.75, 3.05) is 0 Å². The molecule has 5 nitrogen and oxygen atoms in total. The average Bonchev–Trinajstić information content (AvgIpc) is 2.17. The van der Waals surface area contributed by atoms with Crippen LogP contribution >= 0.6 is 0 Å². The predicted molar refractivity (Wildman–Crippen MR) is 52.3 cm³/mol. The minimum atomic E-state index is -1.36. The molecule has 1 amide bonds. The van der Waals surface area contributed by atoms with E-state index >= 15 is 0 Å². The maximum atomic E-state index is 10.7. The number of ether oxygens (including phenoxy) is 1. The lowest BCUT2D eigenvalue weighted by molar-refractivity contribution is -0.149. The minimum Gasteiger partial charge on any atom is -0.477 e. The SMILES string of the molecule is CC(=O)NC(Oc1ccccc1)C(=O)O. The normalized spacial score (nSPS) is 11.5. The second-order valence-corrected chi connectivity index (χ2v) is 2.85. The largest absolute Gasteiger partial charge is 0.477 e. The van der Waals surface area contributed by atoms with E-state index in [-0.39, 0.29) is 0 Å². The molecule has 0 spiro atoms. The number of carbonyl (C=O) groups is 2. The Morgan fingerprint density at radius 3 is 2.40 bits per heavy atom. The first-order valence-electron chi connectivity index (χ1n) is 4.31. The highest BCUT2D eigenvalue weighted by molar-refractivity contribution is 5.81. The van der Waals surface area contributed by atoms with Gasteiger partial charge in [0.1, 0.15) is 5.75 Å². The molecule has 2 N–H and O–H groups in total. The molecular weight excluding hydrogens is 198 g/mol. The van der Waals surface area contributed by atoms with Crippen molar-refractivity contribution in [3.05, 3.63) is 30.3 Å². The Labute approximate surface area is 86.7 Å². The third-order valence-corrected chi connectivity index (χ3v) is 1.56. The lowest BCUT2D eigenvalue weighted by atomic mass is 10.3. The molecule has 0 saturated heterocycles. The van der Waals surface area contributed by atoms with Gasteiger partial charge in [-0.3, -0.25) is 4.79 Å². The summed E-state index contributed by atoms with van der Waals surface area (Å²) in [6.45, 7) is 1.23. The molecule has 1 aromatic rings. The Hall–Kier alpha value is -2.04. The number of carboxylic acid groups (broad SMARTS) is 1. The maximum Gasteiger partial charge on any atom is 0.366 e. The van der Waals surface area contributed by atoms with Crippen LogP contribution < -0.4 is 10.1 Å². The third kappa shape index (κ3) is 3.68. The monoisotopic (exact) mass is 209 g/mol. The topological polar surface area (TPSA) is 75.6 Å². The smallest absolute Gasteiger partial charge is 0.366 e. The lowest BCUT2D eigenvalue weighted by Gasteiger charge is -2.15. The summed E-state index contributed by atoms with van der Waals surface area (Å²) in [6.07, 6.45) is -1.36. The van der Waals surface area contributed by atoms with E-state index in [9.17, 15) is 9.59 Å². The van der Waals surface area contributed by atoms with Crippen molar-refractivity contribution >= 4 is 11.9 Å². The van der Waals surface area contributed by atoms with E-state index in [1.165, 1.54) is 6.92 Å². The average molecular weight is 209 g/mol. The number of carbonyl (C=O) groups excluding carboxylic acids is 1. The number of carboxylic acids is 1. The van der Waals surface area contributed by atoms with Gasteiger partial charge in [-0.1, -0.05) is 18.2 Å². The number of benzene rings is 1. The quantitative estimate of drug-likeness (QED) is 0.712. The number of rotatable bonds is 4. The van der Waals surface area contributed by atoms with Crippen molar-refractivity contribution < 1.29 is 19.4 Å². The highest BCUT2D eigenvalue weighted by atomic mass is 16.5. The van der Waals surface area contributed by atoms with Crippen LogP contribution in [0.2, 0.25) is 0 Å². The summed E-state index contributed by atoms with van der Waals surface area (Å²) < 4.78 is 5.06. The summed E-state index contributed by atoms with van der Waals surface area (Å²) >= 11 is 0. The van der Waals surface area contributed by atoms with Crippen molar-refractivity contribution in [3.8, 4) is 5.75 Å². The first-order valence-corrected chi connectivity index (χ1v) is 4.31. The van der Waals surface area contributed by atoms with Gasteiger partial charge in [0.2, 0.25) is 5.91 Å². The zero-order valence-electron chi connectivity index (χ0n) is 8.14. The summed E-state index contributed by atoms with van der Waals surface area (Å²) in [4.78, 5) is 21.4. The van der Waals surface area contributed by atoms with Gasteiger partial charge >= 0.3 is 5.97 Å². The van der Waals surface area contributed by atoms with E-state index in [1.807, 2.05) is 0 Å². The van der Waals surface area contributed by atoms with Crippen molar-refractivity contribution in [2.24, 2.45) is 0 Å². The molecule has 0 radical (unpaired) electrons. The van der Waals surface area contributed by atoms with Gasteiger partial charge in [-0.15, -0.1) is 0 Å². The van der Waals surface area contributed by atoms with Crippen LogP contribution in [0.1, 0.15) is 6.92 Å². The Bertz CT molecular complexity index is 350. The molecule has 0 bridgehead atoms. The second-order valence-electron chi connectivity index (χ2n) is 2.85. The molecule has 1 rings (SSSR count). The van der Waals surface area contributed by atoms with Gasteiger partial charge in [0, 0.05) is 6.92 Å². The lowest BCUT2D eigenvalue weighted by Crippen LogP contribution is -2.43. The molecule has 0 fully saturated rings. The van der Waals surface area contributed by atoms with Gasteiger partial charge < -0.3 is 15.2 Å². The number of amides is 1. The summed E-state index contributed by atoms with van der Waals surface area (Å²) in [6, 6.07) is 8.42. The van der Waals surface area contributed by atoms with Crippen LogP contribution in [0.4, 0.5) is 0 Å². The van der Waals surface area contributed by atoms with Crippen molar-refractivity contribution in [2.45, 2.75) is 13.2 Å². The number of hydrogen-bond donors (Lipinski definition) is 2. The van der Waals surface area contributed by atoms with E-state index in [4.69, 9.17) is 9.84 Å². The molecule has 1 atom stereocenters. The van der Waals surface area contributed by atoms with Gasteiger partial charge in [-0.05, 0) is 12.1 Å². The molecule has 0 aliphatic heterocycles. The van der Waals surface area contributed by atoms with Crippen LogP contribution in [0.3, 0.4) is 0 Å². The van der Waals surface area contributed by atoms with Gasteiger partial charge in [-0.2, -0.15) is 0 Å². The standard InChI is InChI=1S/C10H11NO4/c1-7(12)11-9(10(13)14)15-8-5-3-2-4-6-8/h2-6,9H,1H3,(H,11,12)(H,13,14). The van der Waals surface area contributed by atoms with E-state index < -0.39 is 18.1 Å². The Kier molecular flexibility index (Phi) is 3.68. The number of para-hydroxylation sites is 1. The highest BCUT2D eigenvalue weighted by Gasteiger charge is 2.19. The Balaban J connectivity index is 2.67. The molecule has 15 heavy (non-hydrogen) atoms. The van der Waals surface area contributed by atoms with Gasteiger partial charge in [0.25, 0.3) is 6.23 Å². The summed E-state index contributed by atoms with van der Waals surface area (Å²) in [5, 5.41) is 10.9. The molecule has 1 unspecified atom stereocenters. The second kappa shape index (κ2) is 4.99. The highest BCUT2D eigenvalue weighted by Crippen LogP contribution is 2.09. The van der Waals surface area contributed by atoms with Crippen molar-refractivity contribution in [3.63, 3.8) is 0 Å². The Morgan fingerprint density at radius 1 is 1.33 bits per heavy atom. The fraction of sp³-hybridized carbons (Fsp3) is 0.200. The van der Waals surface area contributed by atoms with Gasteiger partial charge in [0.05, 0.1) is 0 Å². The zero-order chi connectivity index (χ0) is 11.3. The Morgan fingerprint density at radius 2 is 1.93 bits per heavy atom. The zero-order valence-corrected chi connectivity index (χ0v) is 8.14. The van der Waals surface area contributed by atoms with E-state index in [1.54, 1.807) is 30.3 Å². The van der Waals surface area contributed by atoms with Crippen molar-refractivity contribution in [1.29, 1.82) is 0 Å². The number of hydrogen-bond acceptors (Lipinski definition) is 3. The molecule has 80 valence electrons. The van der Waals surface area contributed by atoms with Crippen LogP contribution in [-0.4, -0.2) is 23.2 Å². The summed E-state index contributed by atoms with van der Waals surface area (Å²) in [7, 11) is 0. The molecule has 0 heterocycles. The molecule has 0 aromatic heterocycles. The summed E-state index contributed by atoms with van der Waals surface area (Å²) in [5.41, 5.74) is 0. The predicted octanol–water partition coefficient (Wildman–Crippen LogP) is 0.612. The van der Waals surface area contributed by atoms with E-state index in [0.717, 1.165) is 0 Å². The summed E-state index contributed by atoms with van der Waals surface area (Å²) in [5.74, 6) is -1.31. The van der Waals surface area contributed by atoms with Crippen molar-refractivity contribution in [1.82, 2.24) is 5.32 Å². The van der Waals surface area contributed by atoms with Crippen LogP contribution in [0, 0.1) is 0 Å². The molecule has 0 saturated carbocycles.